The van der Waals surface area contributed by atoms with Crippen LogP contribution in [0.5, 0.6) is 0 Å². The highest BCUT2D eigenvalue weighted by Crippen LogP contribution is 2.25. The van der Waals surface area contributed by atoms with Gasteiger partial charge in [-0.25, -0.2) is 19.3 Å². The van der Waals surface area contributed by atoms with Gasteiger partial charge in [0.1, 0.15) is 6.10 Å². The van der Waals surface area contributed by atoms with Crippen molar-refractivity contribution in [3.63, 3.8) is 0 Å². The number of hydrogen-bond donors (Lipinski definition) is 1. The summed E-state index contributed by atoms with van der Waals surface area (Å²) in [7, 11) is 1.58. The van der Waals surface area contributed by atoms with Crippen molar-refractivity contribution < 1.29 is 13.9 Å². The zero-order valence-corrected chi connectivity index (χ0v) is 16.1. The highest BCUT2D eigenvalue weighted by molar-refractivity contribution is 7.09. The number of benzene rings is 1. The Morgan fingerprint density at radius 3 is 2.70 bits per heavy atom. The lowest BCUT2D eigenvalue weighted by Gasteiger charge is -2.16. The Balaban J connectivity index is 1.77. The summed E-state index contributed by atoms with van der Waals surface area (Å²) in [6.45, 7) is 2.16. The maximum atomic E-state index is 13.0. The Morgan fingerprint density at radius 1 is 1.33 bits per heavy atom. The second-order valence-electron chi connectivity index (χ2n) is 5.66. The molecule has 27 heavy (non-hydrogen) atoms. The first kappa shape index (κ1) is 19.3. The summed E-state index contributed by atoms with van der Waals surface area (Å²) in [6.07, 6.45) is 1.83. The second-order valence-corrected chi connectivity index (χ2v) is 6.95. The van der Waals surface area contributed by atoms with Gasteiger partial charge >= 0.3 is 0 Å². The smallest absolute Gasteiger partial charge is 0.252 e. The minimum absolute atomic E-state index is 0.270. The maximum Gasteiger partial charge on any atom is 0.252 e. The van der Waals surface area contributed by atoms with Gasteiger partial charge in [0, 0.05) is 19.2 Å². The lowest BCUT2D eigenvalue weighted by Crippen LogP contribution is -2.29. The lowest BCUT2D eigenvalue weighted by atomic mass is 10.1. The van der Waals surface area contributed by atoms with Crippen molar-refractivity contribution in [3.05, 3.63) is 63.1 Å². The number of methoxy groups -OCH3 is 1. The molecule has 140 valence electrons. The van der Waals surface area contributed by atoms with E-state index in [1.54, 1.807) is 30.8 Å². The molecule has 2 heterocycles. The molecule has 0 saturated heterocycles. The molecule has 0 aliphatic carbocycles. The monoisotopic (exact) mass is 406 g/mol. The van der Waals surface area contributed by atoms with Crippen molar-refractivity contribution in [1.82, 2.24) is 20.3 Å². The molecule has 6 nitrogen and oxygen atoms in total. The molecule has 1 atom stereocenters. The Hall–Kier alpha value is -2.42. The third-order valence-corrected chi connectivity index (χ3v) is 5.25. The van der Waals surface area contributed by atoms with E-state index in [9.17, 15) is 9.18 Å². The van der Waals surface area contributed by atoms with E-state index in [1.165, 1.54) is 11.3 Å². The van der Waals surface area contributed by atoms with Gasteiger partial charge < -0.3 is 10.1 Å². The van der Waals surface area contributed by atoms with Crippen LogP contribution < -0.4 is 5.32 Å². The lowest BCUT2D eigenvalue weighted by molar-refractivity contribution is 0.0835. The van der Waals surface area contributed by atoms with Crippen molar-refractivity contribution in [1.29, 1.82) is 0 Å². The summed E-state index contributed by atoms with van der Waals surface area (Å²) in [6, 6.07) is 4.83. The maximum absolute atomic E-state index is 13.0. The van der Waals surface area contributed by atoms with Crippen LogP contribution in [0, 0.1) is 12.7 Å². The Kier molecular flexibility index (Phi) is 6.10. The summed E-state index contributed by atoms with van der Waals surface area (Å²) in [5.41, 5.74) is 3.44. The van der Waals surface area contributed by atoms with Gasteiger partial charge in [-0.05, 0) is 25.1 Å². The molecule has 0 bridgehead atoms. The molecular formula is C18H16ClFN4O2S. The fourth-order valence-electron chi connectivity index (χ4n) is 2.48. The van der Waals surface area contributed by atoms with Crippen LogP contribution >= 0.6 is 22.9 Å². The van der Waals surface area contributed by atoms with Crippen LogP contribution in [0.3, 0.4) is 0 Å². The molecule has 0 radical (unpaired) electrons. The molecule has 1 unspecified atom stereocenters. The third-order valence-electron chi connectivity index (χ3n) is 3.90. The molecule has 9 heteroatoms. The minimum Gasteiger partial charge on any atom is -0.374 e. The number of aryl methyl sites for hydroxylation is 1. The number of rotatable bonds is 6. The molecule has 2 aromatic heterocycles. The van der Waals surface area contributed by atoms with E-state index in [4.69, 9.17) is 16.3 Å². The minimum atomic E-state index is -0.533. The first-order valence-corrected chi connectivity index (χ1v) is 9.23. The largest absolute Gasteiger partial charge is 0.374 e. The van der Waals surface area contributed by atoms with E-state index >= 15 is 0 Å². The average Bonchev–Trinajstić information content (AvgIpc) is 3.09. The fraction of sp³-hybridized carbons (Fsp3) is 0.222. The van der Waals surface area contributed by atoms with Crippen LogP contribution in [0.25, 0.3) is 11.4 Å². The van der Waals surface area contributed by atoms with Crippen LogP contribution in [0.2, 0.25) is 5.02 Å². The molecule has 0 aliphatic heterocycles. The Morgan fingerprint density at radius 2 is 2.07 bits per heavy atom. The van der Waals surface area contributed by atoms with Gasteiger partial charge in [-0.3, -0.25) is 4.79 Å². The molecular weight excluding hydrogens is 391 g/mol. The molecule has 3 aromatic rings. The highest BCUT2D eigenvalue weighted by Gasteiger charge is 2.19. The van der Waals surface area contributed by atoms with E-state index in [0.29, 0.717) is 16.4 Å². The molecule has 1 N–H and O–H groups in total. The topological polar surface area (TPSA) is 77.0 Å². The molecule has 1 aromatic carbocycles. The summed E-state index contributed by atoms with van der Waals surface area (Å²) in [4.78, 5) is 25.6. The number of hydrogen-bond acceptors (Lipinski definition) is 6. The molecule has 0 aliphatic rings. The summed E-state index contributed by atoms with van der Waals surface area (Å²) >= 11 is 7.65. The zero-order chi connectivity index (χ0) is 19.4. The van der Waals surface area contributed by atoms with E-state index in [-0.39, 0.29) is 24.1 Å². The van der Waals surface area contributed by atoms with Gasteiger partial charge in [-0.2, -0.15) is 0 Å². The van der Waals surface area contributed by atoms with E-state index in [1.807, 2.05) is 6.92 Å². The number of aromatic nitrogens is 3. The zero-order valence-electron chi connectivity index (χ0n) is 14.6. The summed E-state index contributed by atoms with van der Waals surface area (Å²) < 4.78 is 18.5. The van der Waals surface area contributed by atoms with Crippen molar-refractivity contribution in [3.8, 4) is 11.4 Å². The van der Waals surface area contributed by atoms with Gasteiger partial charge in [-0.15, -0.1) is 11.3 Å². The molecule has 1 amide bonds. The molecule has 0 spiro atoms. The van der Waals surface area contributed by atoms with Crippen LogP contribution in [0.15, 0.2) is 36.1 Å². The van der Waals surface area contributed by atoms with Crippen LogP contribution in [0.4, 0.5) is 4.39 Å². The van der Waals surface area contributed by atoms with Gasteiger partial charge in [0.25, 0.3) is 5.91 Å². The van der Waals surface area contributed by atoms with Crippen molar-refractivity contribution in [2.75, 3.05) is 13.7 Å². The van der Waals surface area contributed by atoms with Gasteiger partial charge in [-0.1, -0.05) is 11.6 Å². The molecule has 0 saturated carbocycles. The highest BCUT2D eigenvalue weighted by atomic mass is 35.5. The summed E-state index contributed by atoms with van der Waals surface area (Å²) in [5, 5.41) is 3.12. The SMILES string of the molecule is COC(CNC(=O)c1cc(-c2ncc(F)cn2)ccc1Cl)c1scnc1C. The number of nitrogens with zero attached hydrogens (tertiary/aromatic N) is 3. The summed E-state index contributed by atoms with van der Waals surface area (Å²) in [5.74, 6) is -0.583. The van der Waals surface area contributed by atoms with Crippen molar-refractivity contribution in [2.45, 2.75) is 13.0 Å². The fourth-order valence-corrected chi connectivity index (χ4v) is 3.57. The number of amides is 1. The number of ether oxygens (including phenoxy) is 1. The van der Waals surface area contributed by atoms with Crippen LogP contribution in [-0.2, 0) is 4.74 Å². The van der Waals surface area contributed by atoms with Crippen molar-refractivity contribution in [2.24, 2.45) is 0 Å². The van der Waals surface area contributed by atoms with E-state index < -0.39 is 5.82 Å². The predicted molar refractivity (Wildman–Crippen MR) is 101 cm³/mol. The molecule has 3 rings (SSSR count). The van der Waals surface area contributed by atoms with E-state index in [2.05, 4.69) is 20.3 Å². The first-order chi connectivity index (χ1) is 13.0. The molecule has 0 fully saturated rings. The van der Waals surface area contributed by atoms with Crippen LogP contribution in [-0.4, -0.2) is 34.5 Å². The average molecular weight is 407 g/mol. The Labute approximate surface area is 164 Å². The predicted octanol–water partition coefficient (Wildman–Crippen LogP) is 3.82. The third kappa shape index (κ3) is 4.47. The Bertz CT molecular complexity index is 949. The van der Waals surface area contributed by atoms with Gasteiger partial charge in [0.2, 0.25) is 0 Å². The number of thiazole rings is 1. The first-order valence-electron chi connectivity index (χ1n) is 7.98. The van der Waals surface area contributed by atoms with Crippen LogP contribution in [0.1, 0.15) is 27.0 Å². The normalized spacial score (nSPS) is 12.0. The van der Waals surface area contributed by atoms with E-state index in [0.717, 1.165) is 23.0 Å². The number of carbonyl (C=O) groups excluding carboxylic acids is 1. The quantitative estimate of drug-likeness (QED) is 0.673. The number of halogens is 2. The van der Waals surface area contributed by atoms with Gasteiger partial charge in [0.05, 0.1) is 39.1 Å². The van der Waals surface area contributed by atoms with Crippen molar-refractivity contribution >= 4 is 28.8 Å². The number of carbonyl (C=O) groups is 1. The second kappa shape index (κ2) is 8.51. The number of nitrogens with one attached hydrogen (secondary N) is 1. The van der Waals surface area contributed by atoms with Gasteiger partial charge in [0.15, 0.2) is 11.6 Å². The standard InChI is InChI=1S/C18H16ClFN4O2S/c1-10-16(27-9-24-10)15(26-2)8-23-18(25)13-5-11(3-4-14(13)19)17-21-6-12(20)7-22-17/h3-7,9,15H,8H2,1-2H3,(H,23,25).